The summed E-state index contributed by atoms with van der Waals surface area (Å²) in [6.07, 6.45) is 2.03. The van der Waals surface area contributed by atoms with Gasteiger partial charge in [0.2, 0.25) is 5.91 Å². The van der Waals surface area contributed by atoms with E-state index in [-0.39, 0.29) is 12.0 Å². The Balaban J connectivity index is 1.57. The van der Waals surface area contributed by atoms with Crippen molar-refractivity contribution in [2.75, 3.05) is 26.2 Å². The Labute approximate surface area is 140 Å². The summed E-state index contributed by atoms with van der Waals surface area (Å²) < 4.78 is 5.70. The third-order valence-electron chi connectivity index (χ3n) is 3.76. The molecule has 2 heterocycles. The Kier molecular flexibility index (Phi) is 5.38. The molecule has 0 bridgehead atoms. The average molecular weight is 331 g/mol. The number of ether oxygens (including phenoxy) is 1. The standard InChI is InChI=1S/C17H21N3O2S/c1-13(21)18-9-15-11-20(7-8-22-15)12-16-10-19-17(23-16)14-5-3-2-4-6-14/h2-6,10,15H,7-9,11-12H2,1H3,(H,18,21). The van der Waals surface area contributed by atoms with Crippen LogP contribution in [0.5, 0.6) is 0 Å². The molecule has 122 valence electrons. The van der Waals surface area contributed by atoms with Crippen molar-refractivity contribution in [1.82, 2.24) is 15.2 Å². The minimum atomic E-state index is -0.0133. The van der Waals surface area contributed by atoms with Gasteiger partial charge in [-0.1, -0.05) is 30.3 Å². The first kappa shape index (κ1) is 16.1. The fraction of sp³-hybridized carbons (Fsp3) is 0.412. The van der Waals surface area contributed by atoms with Crippen LogP contribution in [-0.2, 0) is 16.1 Å². The zero-order chi connectivity index (χ0) is 16.1. The molecule has 0 aliphatic carbocycles. The van der Waals surface area contributed by atoms with E-state index in [0.29, 0.717) is 13.2 Å². The van der Waals surface area contributed by atoms with E-state index in [1.165, 1.54) is 11.8 Å². The van der Waals surface area contributed by atoms with E-state index in [2.05, 4.69) is 27.3 Å². The van der Waals surface area contributed by atoms with Gasteiger partial charge in [-0.3, -0.25) is 9.69 Å². The maximum absolute atomic E-state index is 11.0. The molecule has 0 spiro atoms. The molecular weight excluding hydrogens is 310 g/mol. The quantitative estimate of drug-likeness (QED) is 0.912. The normalized spacial score (nSPS) is 18.7. The first-order valence-electron chi connectivity index (χ1n) is 7.79. The third-order valence-corrected chi connectivity index (χ3v) is 4.79. The van der Waals surface area contributed by atoms with Crippen LogP contribution in [0.3, 0.4) is 0 Å². The number of hydrogen-bond acceptors (Lipinski definition) is 5. The summed E-state index contributed by atoms with van der Waals surface area (Å²) in [5.41, 5.74) is 1.16. The van der Waals surface area contributed by atoms with E-state index in [4.69, 9.17) is 4.74 Å². The Bertz CT molecular complexity index is 644. The van der Waals surface area contributed by atoms with Crippen molar-refractivity contribution in [3.63, 3.8) is 0 Å². The summed E-state index contributed by atoms with van der Waals surface area (Å²) in [5.74, 6) is -0.0133. The first-order chi connectivity index (χ1) is 11.2. The summed E-state index contributed by atoms with van der Waals surface area (Å²) >= 11 is 1.74. The fourth-order valence-corrected chi connectivity index (χ4v) is 3.58. The number of benzene rings is 1. The number of thiazole rings is 1. The van der Waals surface area contributed by atoms with Crippen molar-refractivity contribution in [2.45, 2.75) is 19.6 Å². The molecule has 3 rings (SSSR count). The van der Waals surface area contributed by atoms with E-state index in [1.54, 1.807) is 11.3 Å². The highest BCUT2D eigenvalue weighted by molar-refractivity contribution is 7.15. The minimum Gasteiger partial charge on any atom is -0.374 e. The summed E-state index contributed by atoms with van der Waals surface area (Å²) in [6, 6.07) is 10.2. The van der Waals surface area contributed by atoms with E-state index in [1.807, 2.05) is 24.4 Å². The van der Waals surface area contributed by atoms with E-state index >= 15 is 0 Å². The number of nitrogens with one attached hydrogen (secondary N) is 1. The zero-order valence-electron chi connectivity index (χ0n) is 13.2. The van der Waals surface area contributed by atoms with Crippen molar-refractivity contribution < 1.29 is 9.53 Å². The Morgan fingerprint density at radius 1 is 1.43 bits per heavy atom. The van der Waals surface area contributed by atoms with Crippen molar-refractivity contribution >= 4 is 17.2 Å². The molecular formula is C17H21N3O2S. The lowest BCUT2D eigenvalue weighted by molar-refractivity contribution is -0.120. The third kappa shape index (κ3) is 4.60. The lowest BCUT2D eigenvalue weighted by Crippen LogP contribution is -2.46. The predicted octanol–water partition coefficient (Wildman–Crippen LogP) is 2.15. The number of carbonyl (C=O) groups excluding carboxylic acids is 1. The smallest absolute Gasteiger partial charge is 0.216 e. The van der Waals surface area contributed by atoms with Gasteiger partial charge in [0.25, 0.3) is 0 Å². The van der Waals surface area contributed by atoms with Crippen molar-refractivity contribution in [2.24, 2.45) is 0 Å². The number of morpholine rings is 1. The van der Waals surface area contributed by atoms with Gasteiger partial charge in [-0.05, 0) is 0 Å². The molecule has 1 amide bonds. The van der Waals surface area contributed by atoms with Crippen LogP contribution in [0.1, 0.15) is 11.8 Å². The molecule has 1 unspecified atom stereocenters. The summed E-state index contributed by atoms with van der Waals surface area (Å²) in [7, 11) is 0. The lowest BCUT2D eigenvalue weighted by Gasteiger charge is -2.32. The number of hydrogen-bond donors (Lipinski definition) is 1. The molecule has 2 aromatic rings. The number of nitrogens with zero attached hydrogens (tertiary/aromatic N) is 2. The van der Waals surface area contributed by atoms with Crippen LogP contribution in [-0.4, -0.2) is 48.1 Å². The second-order valence-corrected chi connectivity index (χ2v) is 6.78. The van der Waals surface area contributed by atoms with Crippen molar-refractivity contribution in [1.29, 1.82) is 0 Å². The van der Waals surface area contributed by atoms with Gasteiger partial charge in [0.1, 0.15) is 5.01 Å². The van der Waals surface area contributed by atoms with Crippen LogP contribution >= 0.6 is 11.3 Å². The van der Waals surface area contributed by atoms with Crippen LogP contribution in [0.15, 0.2) is 36.5 Å². The van der Waals surface area contributed by atoms with Gasteiger partial charge >= 0.3 is 0 Å². The monoisotopic (exact) mass is 331 g/mol. The molecule has 1 aliphatic heterocycles. The number of rotatable bonds is 5. The number of amides is 1. The highest BCUT2D eigenvalue weighted by Gasteiger charge is 2.21. The van der Waals surface area contributed by atoms with Gasteiger partial charge < -0.3 is 10.1 Å². The topological polar surface area (TPSA) is 54.5 Å². The summed E-state index contributed by atoms with van der Waals surface area (Å²) in [5, 5.41) is 3.88. The molecule has 1 saturated heterocycles. The highest BCUT2D eigenvalue weighted by atomic mass is 32.1. The molecule has 1 aromatic carbocycles. The van der Waals surface area contributed by atoms with Crippen LogP contribution < -0.4 is 5.32 Å². The summed E-state index contributed by atoms with van der Waals surface area (Å²) in [4.78, 5) is 19.2. The molecule has 1 aromatic heterocycles. The highest BCUT2D eigenvalue weighted by Crippen LogP contribution is 2.26. The first-order valence-corrected chi connectivity index (χ1v) is 8.61. The van der Waals surface area contributed by atoms with Gasteiger partial charge in [0.15, 0.2) is 0 Å². The van der Waals surface area contributed by atoms with Gasteiger partial charge in [-0.25, -0.2) is 4.98 Å². The van der Waals surface area contributed by atoms with Gasteiger partial charge in [-0.2, -0.15) is 0 Å². The molecule has 1 atom stereocenters. The van der Waals surface area contributed by atoms with Gasteiger partial charge in [0, 0.05) is 49.7 Å². The molecule has 5 nitrogen and oxygen atoms in total. The predicted molar refractivity (Wildman–Crippen MR) is 91.3 cm³/mol. The molecule has 1 N–H and O–H groups in total. The maximum Gasteiger partial charge on any atom is 0.216 e. The summed E-state index contributed by atoms with van der Waals surface area (Å²) in [6.45, 7) is 5.43. The van der Waals surface area contributed by atoms with Gasteiger partial charge in [-0.15, -0.1) is 11.3 Å². The maximum atomic E-state index is 11.0. The Morgan fingerprint density at radius 3 is 3.04 bits per heavy atom. The second kappa shape index (κ2) is 7.68. The average Bonchev–Trinajstić information content (AvgIpc) is 3.03. The SMILES string of the molecule is CC(=O)NCC1CN(Cc2cnc(-c3ccccc3)s2)CCO1. The Morgan fingerprint density at radius 2 is 2.26 bits per heavy atom. The van der Waals surface area contributed by atoms with Crippen LogP contribution in [0.25, 0.3) is 10.6 Å². The lowest BCUT2D eigenvalue weighted by atomic mass is 10.2. The molecule has 1 fully saturated rings. The number of carbonyl (C=O) groups is 1. The van der Waals surface area contributed by atoms with Crippen molar-refractivity contribution in [3.05, 3.63) is 41.4 Å². The second-order valence-electron chi connectivity index (χ2n) is 5.66. The Hall–Kier alpha value is -1.76. The van der Waals surface area contributed by atoms with Crippen LogP contribution in [0.2, 0.25) is 0 Å². The van der Waals surface area contributed by atoms with Crippen LogP contribution in [0, 0.1) is 0 Å². The fourth-order valence-electron chi connectivity index (χ4n) is 2.62. The zero-order valence-corrected chi connectivity index (χ0v) is 14.0. The van der Waals surface area contributed by atoms with E-state index in [0.717, 1.165) is 30.2 Å². The number of aromatic nitrogens is 1. The molecule has 0 saturated carbocycles. The van der Waals surface area contributed by atoms with Crippen LogP contribution in [0.4, 0.5) is 0 Å². The van der Waals surface area contributed by atoms with Gasteiger partial charge in [0.05, 0.1) is 12.7 Å². The largest absolute Gasteiger partial charge is 0.374 e. The van der Waals surface area contributed by atoms with E-state index < -0.39 is 0 Å². The molecule has 6 heteroatoms. The van der Waals surface area contributed by atoms with E-state index in [9.17, 15) is 4.79 Å². The molecule has 23 heavy (non-hydrogen) atoms. The minimum absolute atomic E-state index is 0.0133. The molecule has 1 aliphatic rings. The molecule has 0 radical (unpaired) electrons. The van der Waals surface area contributed by atoms with Crippen molar-refractivity contribution in [3.8, 4) is 10.6 Å².